The lowest BCUT2D eigenvalue weighted by Gasteiger charge is -2.13. The fourth-order valence-corrected chi connectivity index (χ4v) is 3.21. The molecular formula is C10H17BrF6N4O5S2. The molecule has 0 bridgehead atoms. The van der Waals surface area contributed by atoms with Crippen LogP contribution in [0.1, 0.15) is 26.2 Å². The molecule has 0 saturated heterocycles. The number of carbonyl (C=O) groups excluding carboxylic acids is 1. The summed E-state index contributed by atoms with van der Waals surface area (Å²) in [4.78, 5) is 13.0. The summed E-state index contributed by atoms with van der Waals surface area (Å²) in [6.07, 6.45) is 4.26. The lowest BCUT2D eigenvalue weighted by atomic mass is 10.2. The van der Waals surface area contributed by atoms with E-state index in [2.05, 4.69) is 12.0 Å². The van der Waals surface area contributed by atoms with E-state index in [4.69, 9.17) is 0 Å². The molecule has 0 unspecified atom stereocenters. The second kappa shape index (κ2) is 10.6. The Morgan fingerprint density at radius 3 is 1.79 bits per heavy atom. The van der Waals surface area contributed by atoms with E-state index in [0.717, 1.165) is 12.8 Å². The van der Waals surface area contributed by atoms with Crippen LogP contribution in [-0.2, 0) is 24.8 Å². The number of rotatable bonds is 5. The van der Waals surface area contributed by atoms with Gasteiger partial charge in [0.05, 0.1) is 0 Å². The van der Waals surface area contributed by atoms with Crippen molar-refractivity contribution in [2.75, 3.05) is 13.7 Å². The fourth-order valence-electron chi connectivity index (χ4n) is 1.30. The van der Waals surface area contributed by atoms with E-state index >= 15 is 0 Å². The second-order valence-electron chi connectivity index (χ2n) is 4.98. The van der Waals surface area contributed by atoms with Gasteiger partial charge in [-0.25, -0.2) is 16.8 Å². The zero-order chi connectivity index (χ0) is 21.7. The number of carbonyl (C=O) groups is 1. The number of sulfonamides is 2. The monoisotopic (exact) mass is 530 g/mol. The van der Waals surface area contributed by atoms with Gasteiger partial charge in [0, 0.05) is 13.5 Å². The van der Waals surface area contributed by atoms with Crippen LogP contribution < -0.4 is 4.13 Å². The summed E-state index contributed by atoms with van der Waals surface area (Å²) < 4.78 is 108. The quantitative estimate of drug-likeness (QED) is 0.541. The zero-order valence-electron chi connectivity index (χ0n) is 14.3. The second-order valence-corrected chi connectivity index (χ2v) is 8.59. The van der Waals surface area contributed by atoms with Crippen LogP contribution in [0, 0.1) is 0 Å². The summed E-state index contributed by atoms with van der Waals surface area (Å²) in [5.41, 5.74) is -12.3. The van der Waals surface area contributed by atoms with Gasteiger partial charge in [0.1, 0.15) is 13.0 Å². The first-order valence-electron chi connectivity index (χ1n) is 6.90. The average molecular weight is 531 g/mol. The van der Waals surface area contributed by atoms with Gasteiger partial charge in [-0.15, -0.1) is 17.0 Å². The van der Waals surface area contributed by atoms with Gasteiger partial charge in [0.2, 0.25) is 5.91 Å². The van der Waals surface area contributed by atoms with Gasteiger partial charge in [-0.2, -0.15) is 31.4 Å². The molecule has 0 spiro atoms. The molecule has 0 fully saturated rings. The van der Waals surface area contributed by atoms with Gasteiger partial charge in [-0.05, 0) is 6.42 Å². The number of hydrazone groups is 1. The zero-order valence-corrected chi connectivity index (χ0v) is 17.6. The minimum atomic E-state index is -6.60. The van der Waals surface area contributed by atoms with Crippen LogP contribution in [0.3, 0.4) is 0 Å². The van der Waals surface area contributed by atoms with Crippen LogP contribution in [0.15, 0.2) is 5.10 Å². The Morgan fingerprint density at radius 2 is 1.50 bits per heavy atom. The molecule has 1 amide bonds. The molecule has 0 aromatic rings. The minimum Gasteiger partial charge on any atom is -0.281 e. The number of hydrogen-bond donors (Lipinski definition) is 1. The summed E-state index contributed by atoms with van der Waals surface area (Å²) in [5, 5.41) is 5.70. The van der Waals surface area contributed by atoms with E-state index in [1.54, 1.807) is 16.2 Å². The van der Waals surface area contributed by atoms with Gasteiger partial charge in [0.25, 0.3) is 0 Å². The molecule has 0 aromatic heterocycles. The molecule has 1 aliphatic rings. The van der Waals surface area contributed by atoms with Crippen molar-refractivity contribution >= 4 is 49.3 Å². The molecule has 0 atom stereocenters. The number of nitrogens with zero attached hydrogens (tertiary/aromatic N) is 3. The van der Waals surface area contributed by atoms with Crippen molar-refractivity contribution in [1.29, 1.82) is 0 Å². The highest BCUT2D eigenvalue weighted by molar-refractivity contribution is 8.93. The maximum atomic E-state index is 11.5. The summed E-state index contributed by atoms with van der Waals surface area (Å²) in [7, 11) is -11.3. The molecule has 168 valence electrons. The first-order valence-corrected chi connectivity index (χ1v) is 9.87. The predicted octanol–water partition coefficient (Wildman–Crippen LogP) is 1.70. The number of nitrogens with one attached hydrogen (secondary N) is 1. The summed E-state index contributed by atoms with van der Waals surface area (Å²) in [6, 6.07) is 0. The van der Waals surface area contributed by atoms with E-state index in [1.165, 1.54) is 0 Å². The predicted molar refractivity (Wildman–Crippen MR) is 90.9 cm³/mol. The lowest BCUT2D eigenvalue weighted by molar-refractivity contribution is -0.127. The van der Waals surface area contributed by atoms with E-state index in [9.17, 15) is 48.0 Å². The molecule has 0 aromatic carbocycles. The Balaban J connectivity index is 0. The number of halogens is 7. The average Bonchev–Trinajstić information content (AvgIpc) is 2.88. The van der Waals surface area contributed by atoms with Gasteiger partial charge in [-0.3, -0.25) is 14.7 Å². The molecule has 0 aliphatic carbocycles. The molecule has 1 rings (SSSR count). The fraction of sp³-hybridized carbons (Fsp3) is 0.800. The molecular weight excluding hydrogens is 514 g/mol. The first kappa shape index (κ1) is 29.1. The Labute approximate surface area is 167 Å². The van der Waals surface area contributed by atoms with E-state index in [0.29, 0.717) is 13.1 Å². The molecule has 1 N–H and O–H groups in total. The number of unbranched alkanes of at least 4 members (excludes halogenated alkanes) is 1. The molecule has 18 heteroatoms. The van der Waals surface area contributed by atoms with E-state index in [1.807, 2.05) is 7.05 Å². The first-order chi connectivity index (χ1) is 11.9. The molecule has 1 aliphatic heterocycles. The van der Waals surface area contributed by atoms with E-state index in [-0.39, 0.29) is 22.9 Å². The van der Waals surface area contributed by atoms with Crippen LogP contribution in [-0.4, -0.2) is 63.7 Å². The summed E-state index contributed by atoms with van der Waals surface area (Å²) in [5.74, 6) is 0.171. The Kier molecular flexibility index (Phi) is 11.0. The third kappa shape index (κ3) is 8.91. The van der Waals surface area contributed by atoms with Gasteiger partial charge < -0.3 is 0 Å². The third-order valence-corrected chi connectivity index (χ3v) is 5.61. The number of amides is 1. The highest BCUT2D eigenvalue weighted by atomic mass is 79.9. The van der Waals surface area contributed by atoms with Crippen LogP contribution >= 0.6 is 17.0 Å². The number of hydrogen-bond acceptors (Lipinski definition) is 7. The topological polar surface area (TPSA) is 116 Å². The van der Waals surface area contributed by atoms with Gasteiger partial charge in [0.15, 0.2) is 0 Å². The molecule has 28 heavy (non-hydrogen) atoms. The maximum Gasteiger partial charge on any atom is 0.512 e. The lowest BCUT2D eigenvalue weighted by Crippen LogP contribution is -2.45. The summed E-state index contributed by atoms with van der Waals surface area (Å²) >= 11 is 0. The van der Waals surface area contributed by atoms with Crippen LogP contribution in [0.4, 0.5) is 26.3 Å². The highest BCUT2D eigenvalue weighted by Crippen LogP contribution is 2.27. The van der Waals surface area contributed by atoms with Gasteiger partial charge in [-0.1, -0.05) is 17.5 Å². The van der Waals surface area contributed by atoms with Crippen molar-refractivity contribution in [1.82, 2.24) is 14.0 Å². The van der Waals surface area contributed by atoms with Crippen LogP contribution in [0.2, 0.25) is 0 Å². The Morgan fingerprint density at radius 1 is 1.07 bits per heavy atom. The molecule has 0 saturated carbocycles. The SMILES string of the molecule is Br.CCCCC(=O)N1C=NN(C)C1.O=S(=O)(NS(=O)(=O)C(F)(F)F)C(F)(F)F. The van der Waals surface area contributed by atoms with Crippen molar-refractivity contribution in [3.05, 3.63) is 0 Å². The van der Waals surface area contributed by atoms with Crippen molar-refractivity contribution in [3.8, 4) is 0 Å². The Bertz CT molecular complexity index is 711. The summed E-state index contributed by atoms with van der Waals surface area (Å²) in [6.45, 7) is 2.68. The van der Waals surface area contributed by atoms with Crippen molar-refractivity contribution in [3.63, 3.8) is 0 Å². The Hall–Kier alpha value is -1.14. The van der Waals surface area contributed by atoms with Crippen molar-refractivity contribution in [2.24, 2.45) is 5.10 Å². The standard InChI is InChI=1S/C8H15N3O.C2HF6NO4S2.BrH/c1-3-4-5-8(12)11-6-9-10(2)7-11;3-1(4,5)14(10,11)9-15(12,13)2(6,7)8;/h6H,3-5,7H2,1-2H3;9H;1H. The van der Waals surface area contributed by atoms with Crippen LogP contribution in [0.5, 0.6) is 0 Å². The minimum absolute atomic E-state index is 0. The largest absolute Gasteiger partial charge is 0.512 e. The normalized spacial score (nSPS) is 15.0. The smallest absolute Gasteiger partial charge is 0.281 e. The highest BCUT2D eigenvalue weighted by Gasteiger charge is 2.55. The van der Waals surface area contributed by atoms with Crippen molar-refractivity contribution in [2.45, 2.75) is 37.2 Å². The van der Waals surface area contributed by atoms with Crippen molar-refractivity contribution < 1.29 is 48.0 Å². The van der Waals surface area contributed by atoms with E-state index < -0.39 is 35.2 Å². The van der Waals surface area contributed by atoms with Crippen LogP contribution in [0.25, 0.3) is 0 Å². The third-order valence-electron chi connectivity index (χ3n) is 2.64. The number of alkyl halides is 6. The molecule has 0 radical (unpaired) electrons. The molecule has 9 nitrogen and oxygen atoms in total. The van der Waals surface area contributed by atoms with Gasteiger partial charge >= 0.3 is 31.1 Å². The maximum absolute atomic E-state index is 11.5. The molecule has 1 heterocycles.